The van der Waals surface area contributed by atoms with Crippen LogP contribution in [-0.4, -0.2) is 0 Å². The molecule has 1 atom stereocenters. The number of hydrogen-bond acceptors (Lipinski definition) is 0. The van der Waals surface area contributed by atoms with Gasteiger partial charge in [0.15, 0.2) is 0 Å². The summed E-state index contributed by atoms with van der Waals surface area (Å²) in [6.07, 6.45) is 7.41. The Kier molecular flexibility index (Phi) is 4.28. The van der Waals surface area contributed by atoms with Crippen LogP contribution in [0.4, 0.5) is 0 Å². The van der Waals surface area contributed by atoms with E-state index in [2.05, 4.69) is 27.7 Å². The molecule has 0 amide bonds. The minimum atomic E-state index is 0.880. The van der Waals surface area contributed by atoms with Crippen molar-refractivity contribution in [1.29, 1.82) is 0 Å². The van der Waals surface area contributed by atoms with E-state index < -0.39 is 0 Å². The maximum absolute atomic E-state index is 2.41. The van der Waals surface area contributed by atoms with Gasteiger partial charge in [-0.15, -0.1) is 0 Å². The minimum Gasteiger partial charge on any atom is -0.0654 e. The van der Waals surface area contributed by atoms with Crippen LogP contribution in [0.2, 0.25) is 0 Å². The van der Waals surface area contributed by atoms with E-state index >= 15 is 0 Å². The molecule has 1 fully saturated rings. The SMILES string of the molecule is CCCC1CC(CC(C)C(C)C)C1. The zero-order chi connectivity index (χ0) is 9.84. The van der Waals surface area contributed by atoms with Crippen molar-refractivity contribution in [2.45, 2.75) is 59.8 Å². The van der Waals surface area contributed by atoms with Gasteiger partial charge in [0.2, 0.25) is 0 Å². The summed E-state index contributed by atoms with van der Waals surface area (Å²) in [5, 5.41) is 0. The second kappa shape index (κ2) is 5.02. The molecule has 1 unspecified atom stereocenters. The second-order valence-electron chi connectivity index (χ2n) is 5.45. The summed E-state index contributed by atoms with van der Waals surface area (Å²) < 4.78 is 0. The Labute approximate surface area is 84.1 Å². The maximum atomic E-state index is 2.41. The van der Waals surface area contributed by atoms with Crippen LogP contribution < -0.4 is 0 Å². The van der Waals surface area contributed by atoms with Crippen molar-refractivity contribution in [2.75, 3.05) is 0 Å². The Morgan fingerprint density at radius 2 is 1.69 bits per heavy atom. The molecule has 0 bridgehead atoms. The molecule has 1 saturated carbocycles. The highest BCUT2D eigenvalue weighted by Gasteiger charge is 2.29. The third-order valence-electron chi connectivity index (χ3n) is 3.87. The number of hydrogen-bond donors (Lipinski definition) is 0. The van der Waals surface area contributed by atoms with E-state index in [1.165, 1.54) is 32.1 Å². The molecule has 1 aliphatic rings. The third-order valence-corrected chi connectivity index (χ3v) is 3.87. The summed E-state index contributed by atoms with van der Waals surface area (Å²) in [5.74, 6) is 3.99. The molecule has 0 spiro atoms. The first-order valence-corrected chi connectivity index (χ1v) is 6.13. The van der Waals surface area contributed by atoms with Crippen molar-refractivity contribution >= 4 is 0 Å². The molecule has 0 aromatic heterocycles. The molecule has 78 valence electrons. The topological polar surface area (TPSA) is 0 Å². The molecule has 0 aromatic rings. The van der Waals surface area contributed by atoms with E-state index in [1.54, 1.807) is 0 Å². The summed E-state index contributed by atoms with van der Waals surface area (Å²) in [6.45, 7) is 9.43. The number of rotatable bonds is 5. The van der Waals surface area contributed by atoms with E-state index in [1.807, 2.05) is 0 Å². The van der Waals surface area contributed by atoms with Gasteiger partial charge in [0, 0.05) is 0 Å². The van der Waals surface area contributed by atoms with Crippen molar-refractivity contribution in [1.82, 2.24) is 0 Å². The standard InChI is InChI=1S/C13H26/c1-5-6-12-8-13(9-12)7-11(4)10(2)3/h10-13H,5-9H2,1-4H3. The van der Waals surface area contributed by atoms with E-state index in [0.717, 1.165) is 23.7 Å². The molecule has 0 heteroatoms. The van der Waals surface area contributed by atoms with Gasteiger partial charge in [0.25, 0.3) is 0 Å². The lowest BCUT2D eigenvalue weighted by atomic mass is 9.68. The van der Waals surface area contributed by atoms with Gasteiger partial charge in [-0.25, -0.2) is 0 Å². The summed E-state index contributed by atoms with van der Waals surface area (Å²) in [4.78, 5) is 0. The molecule has 0 saturated heterocycles. The molecular formula is C13H26. The molecule has 13 heavy (non-hydrogen) atoms. The highest BCUT2D eigenvalue weighted by atomic mass is 14.3. The van der Waals surface area contributed by atoms with Gasteiger partial charge in [0.05, 0.1) is 0 Å². The summed E-state index contributed by atoms with van der Waals surface area (Å²) >= 11 is 0. The predicted octanol–water partition coefficient (Wildman–Crippen LogP) is 4.49. The summed E-state index contributed by atoms with van der Waals surface area (Å²) in [5.41, 5.74) is 0. The van der Waals surface area contributed by atoms with Crippen LogP contribution in [0.3, 0.4) is 0 Å². The molecule has 0 N–H and O–H groups in total. The first-order chi connectivity index (χ1) is 6.13. The lowest BCUT2D eigenvalue weighted by Gasteiger charge is -2.37. The molecule has 0 heterocycles. The van der Waals surface area contributed by atoms with Crippen LogP contribution in [0, 0.1) is 23.7 Å². The molecule has 1 rings (SSSR count). The molecule has 0 aliphatic heterocycles. The maximum Gasteiger partial charge on any atom is -0.0406 e. The summed E-state index contributed by atoms with van der Waals surface area (Å²) in [7, 11) is 0. The third kappa shape index (κ3) is 3.32. The molecular weight excluding hydrogens is 156 g/mol. The monoisotopic (exact) mass is 182 g/mol. The van der Waals surface area contributed by atoms with E-state index in [9.17, 15) is 0 Å². The van der Waals surface area contributed by atoms with Crippen LogP contribution >= 0.6 is 0 Å². The Balaban J connectivity index is 2.07. The van der Waals surface area contributed by atoms with Gasteiger partial charge < -0.3 is 0 Å². The lowest BCUT2D eigenvalue weighted by Crippen LogP contribution is -2.26. The smallest absolute Gasteiger partial charge is 0.0406 e. The predicted molar refractivity (Wildman–Crippen MR) is 59.7 cm³/mol. The van der Waals surface area contributed by atoms with Crippen LogP contribution in [-0.2, 0) is 0 Å². The molecule has 1 aliphatic carbocycles. The molecule has 0 aromatic carbocycles. The second-order valence-corrected chi connectivity index (χ2v) is 5.45. The average Bonchev–Trinajstić information content (AvgIpc) is 2.00. The van der Waals surface area contributed by atoms with Crippen LogP contribution in [0.15, 0.2) is 0 Å². The van der Waals surface area contributed by atoms with Gasteiger partial charge >= 0.3 is 0 Å². The Hall–Kier alpha value is 0. The fourth-order valence-corrected chi connectivity index (χ4v) is 2.51. The lowest BCUT2D eigenvalue weighted by molar-refractivity contribution is 0.140. The highest BCUT2D eigenvalue weighted by molar-refractivity contribution is 4.80. The van der Waals surface area contributed by atoms with Gasteiger partial charge in [-0.05, 0) is 42.9 Å². The van der Waals surface area contributed by atoms with Gasteiger partial charge in [-0.1, -0.05) is 40.5 Å². The fourth-order valence-electron chi connectivity index (χ4n) is 2.51. The Morgan fingerprint density at radius 3 is 2.15 bits per heavy atom. The first kappa shape index (κ1) is 11.1. The van der Waals surface area contributed by atoms with E-state index in [-0.39, 0.29) is 0 Å². The van der Waals surface area contributed by atoms with Gasteiger partial charge in [0.1, 0.15) is 0 Å². The quantitative estimate of drug-likeness (QED) is 0.587. The van der Waals surface area contributed by atoms with Crippen LogP contribution in [0.1, 0.15) is 59.8 Å². The van der Waals surface area contributed by atoms with Crippen molar-refractivity contribution in [2.24, 2.45) is 23.7 Å². The van der Waals surface area contributed by atoms with Crippen molar-refractivity contribution in [3.05, 3.63) is 0 Å². The minimum absolute atomic E-state index is 0.880. The summed E-state index contributed by atoms with van der Waals surface area (Å²) in [6, 6.07) is 0. The van der Waals surface area contributed by atoms with Gasteiger partial charge in [-0.3, -0.25) is 0 Å². The van der Waals surface area contributed by atoms with E-state index in [0.29, 0.717) is 0 Å². The Bertz CT molecular complexity index is 131. The van der Waals surface area contributed by atoms with Crippen molar-refractivity contribution in [3.8, 4) is 0 Å². The normalized spacial score (nSPS) is 30.2. The molecule has 0 nitrogen and oxygen atoms in total. The van der Waals surface area contributed by atoms with Gasteiger partial charge in [-0.2, -0.15) is 0 Å². The fraction of sp³-hybridized carbons (Fsp3) is 1.00. The zero-order valence-electron chi connectivity index (χ0n) is 9.84. The van der Waals surface area contributed by atoms with Crippen molar-refractivity contribution < 1.29 is 0 Å². The highest BCUT2D eigenvalue weighted by Crippen LogP contribution is 2.41. The van der Waals surface area contributed by atoms with Crippen LogP contribution in [0.5, 0.6) is 0 Å². The van der Waals surface area contributed by atoms with E-state index in [4.69, 9.17) is 0 Å². The Morgan fingerprint density at radius 1 is 1.08 bits per heavy atom. The molecule has 0 radical (unpaired) electrons. The zero-order valence-corrected chi connectivity index (χ0v) is 9.84. The average molecular weight is 182 g/mol. The van der Waals surface area contributed by atoms with Crippen molar-refractivity contribution in [3.63, 3.8) is 0 Å². The van der Waals surface area contributed by atoms with Crippen LogP contribution in [0.25, 0.3) is 0 Å². The first-order valence-electron chi connectivity index (χ1n) is 6.13. The largest absolute Gasteiger partial charge is 0.0654 e.